The van der Waals surface area contributed by atoms with Gasteiger partial charge in [-0.1, -0.05) is 20.8 Å². The van der Waals surface area contributed by atoms with Crippen molar-refractivity contribution in [2.24, 2.45) is 5.92 Å². The first kappa shape index (κ1) is 10.3. The zero-order valence-electron chi connectivity index (χ0n) is 7.52. The molecule has 0 rings (SSSR count). The average molecular weight is 156 g/mol. The van der Waals surface area contributed by atoms with E-state index in [9.17, 15) is 9.59 Å². The van der Waals surface area contributed by atoms with E-state index >= 15 is 0 Å². The topological polar surface area (TPSA) is 34.1 Å². The highest BCUT2D eigenvalue weighted by molar-refractivity contribution is 6.37. The normalized spacial score (nSPS) is 10.2. The quantitative estimate of drug-likeness (QED) is 0.570. The third-order valence-corrected chi connectivity index (χ3v) is 1.95. The van der Waals surface area contributed by atoms with Crippen LogP contribution in [0.4, 0.5) is 0 Å². The maximum atomic E-state index is 11.2. The molecule has 0 aromatic carbocycles. The second kappa shape index (κ2) is 5.05. The summed E-state index contributed by atoms with van der Waals surface area (Å²) >= 11 is 0. The molecule has 0 aliphatic carbocycles. The molecule has 0 atom stereocenters. The molecule has 0 aromatic rings. The lowest BCUT2D eigenvalue weighted by atomic mass is 9.95. The highest BCUT2D eigenvalue weighted by atomic mass is 16.2. The molecule has 0 aliphatic heterocycles. The van der Waals surface area contributed by atoms with Crippen LogP contribution in [0.15, 0.2) is 0 Å². The van der Waals surface area contributed by atoms with Crippen LogP contribution in [-0.2, 0) is 9.59 Å². The van der Waals surface area contributed by atoms with Crippen LogP contribution in [0.3, 0.4) is 0 Å². The Morgan fingerprint density at radius 2 is 1.55 bits per heavy atom. The molecule has 0 bridgehead atoms. The molecule has 0 saturated carbocycles. The van der Waals surface area contributed by atoms with Gasteiger partial charge in [-0.3, -0.25) is 9.59 Å². The van der Waals surface area contributed by atoms with Crippen LogP contribution in [0.25, 0.3) is 0 Å². The van der Waals surface area contributed by atoms with Crippen LogP contribution in [0.1, 0.15) is 40.0 Å². The van der Waals surface area contributed by atoms with Crippen LogP contribution < -0.4 is 0 Å². The predicted octanol–water partition coefficient (Wildman–Crippen LogP) is 1.97. The van der Waals surface area contributed by atoms with E-state index in [0.717, 1.165) is 12.8 Å². The molecule has 0 spiro atoms. The van der Waals surface area contributed by atoms with Crippen molar-refractivity contribution in [2.75, 3.05) is 0 Å². The third-order valence-electron chi connectivity index (χ3n) is 1.95. The van der Waals surface area contributed by atoms with Gasteiger partial charge in [0.25, 0.3) is 0 Å². The van der Waals surface area contributed by atoms with Crippen molar-refractivity contribution in [3.05, 3.63) is 0 Å². The van der Waals surface area contributed by atoms with E-state index in [-0.39, 0.29) is 17.5 Å². The number of ketones is 2. The van der Waals surface area contributed by atoms with Crippen molar-refractivity contribution in [3.8, 4) is 0 Å². The van der Waals surface area contributed by atoms with Crippen molar-refractivity contribution < 1.29 is 9.59 Å². The Morgan fingerprint density at radius 1 is 1.09 bits per heavy atom. The Labute approximate surface area is 68.0 Å². The van der Waals surface area contributed by atoms with Crippen molar-refractivity contribution in [3.63, 3.8) is 0 Å². The zero-order valence-corrected chi connectivity index (χ0v) is 7.52. The van der Waals surface area contributed by atoms with E-state index in [1.54, 1.807) is 6.92 Å². The van der Waals surface area contributed by atoms with Gasteiger partial charge in [-0.05, 0) is 12.8 Å². The van der Waals surface area contributed by atoms with Gasteiger partial charge in [-0.25, -0.2) is 0 Å². The first-order chi connectivity index (χ1) is 5.17. The molecular formula is C9H16O2. The minimum Gasteiger partial charge on any atom is -0.291 e. The predicted molar refractivity (Wildman–Crippen MR) is 44.4 cm³/mol. The largest absolute Gasteiger partial charge is 0.291 e. The van der Waals surface area contributed by atoms with E-state index < -0.39 is 0 Å². The summed E-state index contributed by atoms with van der Waals surface area (Å²) in [6.45, 7) is 5.60. The number of hydrogen-bond donors (Lipinski definition) is 0. The molecule has 0 fully saturated rings. The SMILES string of the molecule is CCC(=O)C(=O)C(CC)CC. The number of carbonyl (C=O) groups excluding carboxylic acids is 2. The summed E-state index contributed by atoms with van der Waals surface area (Å²) in [7, 11) is 0. The standard InChI is InChI=1S/C9H16O2/c1-4-7(5-2)9(11)8(10)6-3/h7H,4-6H2,1-3H3. The molecule has 0 aliphatic rings. The van der Waals surface area contributed by atoms with Gasteiger partial charge in [-0.2, -0.15) is 0 Å². The molecule has 0 heterocycles. The van der Waals surface area contributed by atoms with Crippen LogP contribution in [-0.4, -0.2) is 11.6 Å². The monoisotopic (exact) mass is 156 g/mol. The molecular weight excluding hydrogens is 140 g/mol. The number of hydrogen-bond acceptors (Lipinski definition) is 2. The highest BCUT2D eigenvalue weighted by Gasteiger charge is 2.19. The molecule has 0 amide bonds. The third kappa shape index (κ3) is 2.83. The molecule has 0 saturated heterocycles. The fourth-order valence-electron chi connectivity index (χ4n) is 1.06. The van der Waals surface area contributed by atoms with E-state index in [0.29, 0.717) is 6.42 Å². The van der Waals surface area contributed by atoms with Gasteiger partial charge in [0.1, 0.15) is 0 Å². The Bertz CT molecular complexity index is 146. The van der Waals surface area contributed by atoms with Gasteiger partial charge >= 0.3 is 0 Å². The molecule has 11 heavy (non-hydrogen) atoms. The van der Waals surface area contributed by atoms with Gasteiger partial charge in [0, 0.05) is 12.3 Å². The molecule has 0 aromatic heterocycles. The molecule has 0 unspecified atom stereocenters. The fraction of sp³-hybridized carbons (Fsp3) is 0.778. The Balaban J connectivity index is 4.09. The highest BCUT2D eigenvalue weighted by Crippen LogP contribution is 2.09. The van der Waals surface area contributed by atoms with Crippen molar-refractivity contribution in [1.29, 1.82) is 0 Å². The summed E-state index contributed by atoms with van der Waals surface area (Å²) in [5.74, 6) is -0.446. The lowest BCUT2D eigenvalue weighted by molar-refractivity contribution is -0.138. The fourth-order valence-corrected chi connectivity index (χ4v) is 1.06. The summed E-state index contributed by atoms with van der Waals surface area (Å²) in [5.41, 5.74) is 0. The van der Waals surface area contributed by atoms with Crippen molar-refractivity contribution >= 4 is 11.6 Å². The maximum Gasteiger partial charge on any atom is 0.201 e. The first-order valence-electron chi connectivity index (χ1n) is 4.24. The lowest BCUT2D eigenvalue weighted by Gasteiger charge is -2.07. The molecule has 0 radical (unpaired) electrons. The van der Waals surface area contributed by atoms with Gasteiger partial charge in [0.15, 0.2) is 5.78 Å². The minimum atomic E-state index is -0.223. The first-order valence-corrected chi connectivity index (χ1v) is 4.24. The van der Waals surface area contributed by atoms with Gasteiger partial charge in [-0.15, -0.1) is 0 Å². The summed E-state index contributed by atoms with van der Waals surface area (Å²) in [4.78, 5) is 22.1. The van der Waals surface area contributed by atoms with Gasteiger partial charge in [0.2, 0.25) is 5.78 Å². The van der Waals surface area contributed by atoms with Gasteiger partial charge < -0.3 is 0 Å². The van der Waals surface area contributed by atoms with Crippen LogP contribution >= 0.6 is 0 Å². The smallest absolute Gasteiger partial charge is 0.201 e. The Hall–Kier alpha value is -0.660. The van der Waals surface area contributed by atoms with E-state index in [1.165, 1.54) is 0 Å². The van der Waals surface area contributed by atoms with Crippen molar-refractivity contribution in [1.82, 2.24) is 0 Å². The van der Waals surface area contributed by atoms with E-state index in [4.69, 9.17) is 0 Å². The molecule has 2 nitrogen and oxygen atoms in total. The van der Waals surface area contributed by atoms with E-state index in [2.05, 4.69) is 0 Å². The summed E-state index contributed by atoms with van der Waals surface area (Å²) in [5, 5.41) is 0. The summed E-state index contributed by atoms with van der Waals surface area (Å²) in [6, 6.07) is 0. The van der Waals surface area contributed by atoms with E-state index in [1.807, 2.05) is 13.8 Å². The molecule has 64 valence electrons. The molecule has 0 N–H and O–H groups in total. The van der Waals surface area contributed by atoms with Crippen LogP contribution in [0.2, 0.25) is 0 Å². The van der Waals surface area contributed by atoms with Crippen LogP contribution in [0, 0.1) is 5.92 Å². The average Bonchev–Trinajstić information content (AvgIpc) is 2.05. The zero-order chi connectivity index (χ0) is 8.85. The Kier molecular flexibility index (Phi) is 4.75. The number of carbonyl (C=O) groups is 2. The van der Waals surface area contributed by atoms with Crippen LogP contribution in [0.5, 0.6) is 0 Å². The maximum absolute atomic E-state index is 11.2. The number of Topliss-reactive ketones (excluding diaryl/α,β-unsaturated/α-hetero) is 2. The summed E-state index contributed by atoms with van der Waals surface area (Å²) < 4.78 is 0. The second-order valence-electron chi connectivity index (χ2n) is 2.65. The van der Waals surface area contributed by atoms with Crippen molar-refractivity contribution in [2.45, 2.75) is 40.0 Å². The Morgan fingerprint density at radius 3 is 1.82 bits per heavy atom. The number of rotatable bonds is 5. The second-order valence-corrected chi connectivity index (χ2v) is 2.65. The lowest BCUT2D eigenvalue weighted by Crippen LogP contribution is -2.21. The molecule has 2 heteroatoms. The summed E-state index contributed by atoms with van der Waals surface area (Å²) in [6.07, 6.45) is 1.90. The van der Waals surface area contributed by atoms with Gasteiger partial charge in [0.05, 0.1) is 0 Å². The minimum absolute atomic E-state index is 0.0394.